The van der Waals surface area contributed by atoms with Gasteiger partial charge < -0.3 is 15.0 Å². The van der Waals surface area contributed by atoms with E-state index in [9.17, 15) is 9.59 Å². The predicted molar refractivity (Wildman–Crippen MR) is 101 cm³/mol. The van der Waals surface area contributed by atoms with Gasteiger partial charge in [-0.1, -0.05) is 6.07 Å². The molecule has 2 amide bonds. The topological polar surface area (TPSA) is 61.9 Å². The zero-order valence-electron chi connectivity index (χ0n) is 15.8. The first-order chi connectivity index (χ1) is 12.5. The average Bonchev–Trinajstić information content (AvgIpc) is 2.61. The summed E-state index contributed by atoms with van der Waals surface area (Å²) in [6.07, 6.45) is 1.65. The lowest BCUT2D eigenvalue weighted by molar-refractivity contribution is -0.141. The first kappa shape index (κ1) is 18.9. The van der Waals surface area contributed by atoms with Crippen molar-refractivity contribution in [1.82, 2.24) is 9.80 Å². The largest absolute Gasteiger partial charge is 0.378 e. The SMILES string of the molecule is Cc1cc(C)cc(NC(=O)CN2CCC(C(=O)N3CCOCC3)CC2)c1. The molecule has 2 aliphatic rings. The van der Waals surface area contributed by atoms with Crippen molar-refractivity contribution in [2.75, 3.05) is 51.3 Å². The summed E-state index contributed by atoms with van der Waals surface area (Å²) in [5.74, 6) is 0.354. The van der Waals surface area contributed by atoms with Crippen molar-refractivity contribution in [3.05, 3.63) is 29.3 Å². The van der Waals surface area contributed by atoms with E-state index in [0.717, 1.165) is 42.7 Å². The van der Waals surface area contributed by atoms with Gasteiger partial charge in [0.1, 0.15) is 0 Å². The molecule has 0 spiro atoms. The number of rotatable bonds is 4. The zero-order chi connectivity index (χ0) is 18.5. The zero-order valence-corrected chi connectivity index (χ0v) is 15.8. The maximum atomic E-state index is 12.6. The van der Waals surface area contributed by atoms with Crippen LogP contribution in [0.25, 0.3) is 0 Å². The molecule has 0 saturated carbocycles. The molecule has 0 unspecified atom stereocenters. The summed E-state index contributed by atoms with van der Waals surface area (Å²) in [7, 11) is 0. The third-order valence-corrected chi connectivity index (χ3v) is 5.13. The molecule has 26 heavy (non-hydrogen) atoms. The number of hydrogen-bond acceptors (Lipinski definition) is 4. The van der Waals surface area contributed by atoms with E-state index >= 15 is 0 Å². The summed E-state index contributed by atoms with van der Waals surface area (Å²) in [6.45, 7) is 8.71. The first-order valence-electron chi connectivity index (χ1n) is 9.48. The van der Waals surface area contributed by atoms with Crippen molar-refractivity contribution in [3.8, 4) is 0 Å². The number of likely N-dealkylation sites (tertiary alicyclic amines) is 1. The van der Waals surface area contributed by atoms with E-state index in [2.05, 4.69) is 16.3 Å². The van der Waals surface area contributed by atoms with Crippen LogP contribution < -0.4 is 5.32 Å². The van der Waals surface area contributed by atoms with Crippen LogP contribution in [0.5, 0.6) is 0 Å². The molecule has 1 aromatic rings. The molecular formula is C20H29N3O3. The van der Waals surface area contributed by atoms with Crippen LogP contribution in [0.4, 0.5) is 5.69 Å². The number of aryl methyl sites for hydroxylation is 2. The van der Waals surface area contributed by atoms with Crippen molar-refractivity contribution in [3.63, 3.8) is 0 Å². The highest BCUT2D eigenvalue weighted by Crippen LogP contribution is 2.20. The number of carbonyl (C=O) groups excluding carboxylic acids is 2. The van der Waals surface area contributed by atoms with Gasteiger partial charge in [-0.3, -0.25) is 14.5 Å². The van der Waals surface area contributed by atoms with Crippen LogP contribution in [0.3, 0.4) is 0 Å². The van der Waals surface area contributed by atoms with Gasteiger partial charge in [-0.25, -0.2) is 0 Å². The lowest BCUT2D eigenvalue weighted by atomic mass is 9.95. The third-order valence-electron chi connectivity index (χ3n) is 5.13. The molecule has 0 aliphatic carbocycles. The lowest BCUT2D eigenvalue weighted by Gasteiger charge is -2.35. The van der Waals surface area contributed by atoms with Gasteiger partial charge in [0.25, 0.3) is 0 Å². The molecule has 0 bridgehead atoms. The standard InChI is InChI=1S/C20H29N3O3/c1-15-11-16(2)13-18(12-15)21-19(24)14-22-5-3-17(4-6-22)20(25)23-7-9-26-10-8-23/h11-13,17H,3-10,14H2,1-2H3,(H,21,24). The number of nitrogens with zero attached hydrogens (tertiary/aromatic N) is 2. The van der Waals surface area contributed by atoms with Gasteiger partial charge in [-0.2, -0.15) is 0 Å². The van der Waals surface area contributed by atoms with Gasteiger partial charge in [0.05, 0.1) is 19.8 Å². The number of piperidine rings is 1. The Labute approximate surface area is 155 Å². The predicted octanol–water partition coefficient (Wildman–Crippen LogP) is 1.81. The summed E-state index contributed by atoms with van der Waals surface area (Å²) in [5, 5.41) is 2.99. The molecule has 1 aromatic carbocycles. The van der Waals surface area contributed by atoms with Crippen LogP contribution in [0.1, 0.15) is 24.0 Å². The van der Waals surface area contributed by atoms with Gasteiger partial charge in [0.2, 0.25) is 11.8 Å². The molecule has 3 rings (SSSR count). The molecule has 2 fully saturated rings. The van der Waals surface area contributed by atoms with Crippen molar-refractivity contribution in [2.24, 2.45) is 5.92 Å². The molecule has 6 heteroatoms. The Morgan fingerprint density at radius 3 is 2.27 bits per heavy atom. The minimum Gasteiger partial charge on any atom is -0.378 e. The Morgan fingerprint density at radius 2 is 1.65 bits per heavy atom. The van der Waals surface area contributed by atoms with Crippen molar-refractivity contribution >= 4 is 17.5 Å². The van der Waals surface area contributed by atoms with E-state index < -0.39 is 0 Å². The fourth-order valence-corrected chi connectivity index (χ4v) is 3.83. The Morgan fingerprint density at radius 1 is 1.04 bits per heavy atom. The second kappa shape index (κ2) is 8.64. The molecule has 2 heterocycles. The molecule has 6 nitrogen and oxygen atoms in total. The van der Waals surface area contributed by atoms with Crippen LogP contribution in [-0.2, 0) is 14.3 Å². The second-order valence-electron chi connectivity index (χ2n) is 7.41. The van der Waals surface area contributed by atoms with Crippen molar-refractivity contribution in [2.45, 2.75) is 26.7 Å². The highest BCUT2D eigenvalue weighted by Gasteiger charge is 2.29. The molecule has 0 aromatic heterocycles. The minimum atomic E-state index is 0.00737. The summed E-state index contributed by atoms with van der Waals surface area (Å²) in [4.78, 5) is 29.0. The number of benzene rings is 1. The number of hydrogen-bond donors (Lipinski definition) is 1. The van der Waals surface area contributed by atoms with Crippen LogP contribution in [0.15, 0.2) is 18.2 Å². The van der Waals surface area contributed by atoms with Gasteiger partial charge in [0.15, 0.2) is 0 Å². The number of nitrogens with one attached hydrogen (secondary N) is 1. The van der Waals surface area contributed by atoms with Gasteiger partial charge in [0, 0.05) is 24.7 Å². The minimum absolute atomic E-state index is 0.00737. The van der Waals surface area contributed by atoms with Gasteiger partial charge >= 0.3 is 0 Å². The number of anilines is 1. The smallest absolute Gasteiger partial charge is 0.238 e. The van der Waals surface area contributed by atoms with E-state index in [1.807, 2.05) is 30.9 Å². The highest BCUT2D eigenvalue weighted by atomic mass is 16.5. The average molecular weight is 359 g/mol. The summed E-state index contributed by atoms with van der Waals surface area (Å²) in [6, 6.07) is 6.06. The third kappa shape index (κ3) is 5.05. The molecular weight excluding hydrogens is 330 g/mol. The monoisotopic (exact) mass is 359 g/mol. The summed E-state index contributed by atoms with van der Waals surface area (Å²) < 4.78 is 5.31. The van der Waals surface area contributed by atoms with Gasteiger partial charge in [-0.15, -0.1) is 0 Å². The fourth-order valence-electron chi connectivity index (χ4n) is 3.83. The quantitative estimate of drug-likeness (QED) is 0.891. The number of ether oxygens (including phenoxy) is 1. The van der Waals surface area contributed by atoms with Gasteiger partial charge in [-0.05, 0) is 63.0 Å². The number of carbonyl (C=O) groups is 2. The summed E-state index contributed by atoms with van der Waals surface area (Å²) >= 11 is 0. The number of amides is 2. The molecule has 2 saturated heterocycles. The summed E-state index contributed by atoms with van der Waals surface area (Å²) in [5.41, 5.74) is 3.13. The Bertz CT molecular complexity index is 627. The van der Waals surface area contributed by atoms with E-state index in [4.69, 9.17) is 4.74 Å². The normalized spacial score (nSPS) is 19.4. The van der Waals surface area contributed by atoms with Crippen LogP contribution in [0.2, 0.25) is 0 Å². The van der Waals surface area contributed by atoms with Crippen molar-refractivity contribution < 1.29 is 14.3 Å². The maximum Gasteiger partial charge on any atom is 0.238 e. The van der Waals surface area contributed by atoms with E-state index in [1.165, 1.54) is 0 Å². The molecule has 2 aliphatic heterocycles. The molecule has 1 N–H and O–H groups in total. The van der Waals surface area contributed by atoms with Crippen LogP contribution >= 0.6 is 0 Å². The Kier molecular flexibility index (Phi) is 6.27. The molecule has 142 valence electrons. The second-order valence-corrected chi connectivity index (χ2v) is 7.41. The highest BCUT2D eigenvalue weighted by molar-refractivity contribution is 5.92. The Balaban J connectivity index is 1.44. The molecule has 0 radical (unpaired) electrons. The first-order valence-corrected chi connectivity index (χ1v) is 9.48. The van der Waals surface area contributed by atoms with E-state index in [-0.39, 0.29) is 17.7 Å². The van der Waals surface area contributed by atoms with Crippen LogP contribution in [-0.4, -0.2) is 67.6 Å². The van der Waals surface area contributed by atoms with E-state index in [0.29, 0.717) is 32.8 Å². The number of morpholine rings is 1. The lowest BCUT2D eigenvalue weighted by Crippen LogP contribution is -2.47. The molecule has 0 atom stereocenters. The fraction of sp³-hybridized carbons (Fsp3) is 0.600. The van der Waals surface area contributed by atoms with E-state index in [1.54, 1.807) is 0 Å². The Hall–Kier alpha value is -1.92. The van der Waals surface area contributed by atoms with Crippen molar-refractivity contribution in [1.29, 1.82) is 0 Å². The van der Waals surface area contributed by atoms with Crippen LogP contribution in [0, 0.1) is 19.8 Å². The maximum absolute atomic E-state index is 12.6.